The summed E-state index contributed by atoms with van der Waals surface area (Å²) in [7, 11) is 0. The van der Waals surface area contributed by atoms with E-state index in [-0.39, 0.29) is 12.7 Å². The van der Waals surface area contributed by atoms with Crippen LogP contribution in [0.15, 0.2) is 24.3 Å². The van der Waals surface area contributed by atoms with Crippen molar-refractivity contribution in [2.24, 2.45) is 17.8 Å². The lowest BCUT2D eigenvalue weighted by Crippen LogP contribution is -2.36. The van der Waals surface area contributed by atoms with Gasteiger partial charge in [-0.25, -0.2) is 9.59 Å². The molecule has 25 heavy (non-hydrogen) atoms. The number of hydrogen-bond acceptors (Lipinski definition) is 4. The van der Waals surface area contributed by atoms with Crippen LogP contribution in [0.25, 0.3) is 0 Å². The normalized spacial score (nSPS) is 23.3. The maximum absolute atomic E-state index is 12.1. The molecule has 0 aromatic heterocycles. The van der Waals surface area contributed by atoms with Crippen LogP contribution in [0.4, 0.5) is 0 Å². The Balaban J connectivity index is 1.85. The first-order chi connectivity index (χ1) is 11.9. The third-order valence-corrected chi connectivity index (χ3v) is 5.16. The molecule has 0 aliphatic heterocycles. The van der Waals surface area contributed by atoms with Gasteiger partial charge in [0.15, 0.2) is 6.61 Å². The molecule has 0 saturated heterocycles. The van der Waals surface area contributed by atoms with E-state index < -0.39 is 11.9 Å². The van der Waals surface area contributed by atoms with E-state index >= 15 is 0 Å². The first kappa shape index (κ1) is 19.5. The van der Waals surface area contributed by atoms with Gasteiger partial charge >= 0.3 is 11.9 Å². The summed E-state index contributed by atoms with van der Waals surface area (Å²) in [6, 6.07) is 7.24. The van der Waals surface area contributed by atoms with Crippen LogP contribution in [0.1, 0.15) is 62.9 Å². The lowest BCUT2D eigenvalue weighted by atomic mass is 9.75. The van der Waals surface area contributed by atoms with E-state index in [0.29, 0.717) is 23.3 Å². The molecule has 1 aliphatic rings. The Morgan fingerprint density at radius 1 is 1.16 bits per heavy atom. The van der Waals surface area contributed by atoms with Crippen LogP contribution in [-0.2, 0) is 20.7 Å². The lowest BCUT2D eigenvalue weighted by Gasteiger charge is -2.36. The molecular formula is C21H30O4. The van der Waals surface area contributed by atoms with E-state index in [1.54, 1.807) is 12.1 Å². The number of carbonyl (C=O) groups excluding carboxylic acids is 2. The minimum Gasteiger partial charge on any atom is -0.460 e. The maximum Gasteiger partial charge on any atom is 0.344 e. The summed E-state index contributed by atoms with van der Waals surface area (Å²) in [4.78, 5) is 24.2. The van der Waals surface area contributed by atoms with Crippen molar-refractivity contribution in [2.45, 2.75) is 59.5 Å². The Labute approximate surface area is 150 Å². The number of esters is 2. The highest BCUT2D eigenvalue weighted by Crippen LogP contribution is 2.35. The summed E-state index contributed by atoms with van der Waals surface area (Å²) in [6.07, 6.45) is 4.00. The summed E-state index contributed by atoms with van der Waals surface area (Å²) in [6.45, 7) is 8.25. The summed E-state index contributed by atoms with van der Waals surface area (Å²) >= 11 is 0. The van der Waals surface area contributed by atoms with Crippen LogP contribution >= 0.6 is 0 Å². The van der Waals surface area contributed by atoms with Crippen LogP contribution in [-0.4, -0.2) is 24.6 Å². The number of carbonyl (C=O) groups is 2. The minimum atomic E-state index is -0.489. The number of rotatable bonds is 6. The van der Waals surface area contributed by atoms with E-state index in [1.165, 1.54) is 6.42 Å². The lowest BCUT2D eigenvalue weighted by molar-refractivity contribution is -0.159. The molecule has 0 amide bonds. The molecule has 4 heteroatoms. The molecule has 138 valence electrons. The molecule has 1 aromatic carbocycles. The fourth-order valence-corrected chi connectivity index (χ4v) is 3.54. The van der Waals surface area contributed by atoms with E-state index in [4.69, 9.17) is 9.47 Å². The number of hydrogen-bond donors (Lipinski definition) is 0. The average molecular weight is 346 g/mol. The van der Waals surface area contributed by atoms with Crippen LogP contribution in [0.2, 0.25) is 0 Å². The summed E-state index contributed by atoms with van der Waals surface area (Å²) in [5, 5.41) is 0. The second-order valence-corrected chi connectivity index (χ2v) is 7.48. The predicted octanol–water partition coefficient (Wildman–Crippen LogP) is 4.41. The van der Waals surface area contributed by atoms with Gasteiger partial charge in [-0.1, -0.05) is 46.2 Å². The number of benzene rings is 1. The van der Waals surface area contributed by atoms with Crippen LogP contribution in [0.3, 0.4) is 0 Å². The van der Waals surface area contributed by atoms with Gasteiger partial charge in [0, 0.05) is 0 Å². The highest BCUT2D eigenvalue weighted by Gasteiger charge is 2.33. The van der Waals surface area contributed by atoms with Crippen molar-refractivity contribution < 1.29 is 19.1 Å². The van der Waals surface area contributed by atoms with Gasteiger partial charge in [0.1, 0.15) is 6.10 Å². The Bertz CT molecular complexity index is 576. The van der Waals surface area contributed by atoms with Crippen molar-refractivity contribution in [3.05, 3.63) is 35.4 Å². The van der Waals surface area contributed by atoms with Crippen molar-refractivity contribution in [1.29, 1.82) is 0 Å². The molecule has 0 radical (unpaired) electrons. The third-order valence-electron chi connectivity index (χ3n) is 5.16. The quantitative estimate of drug-likeness (QED) is 0.716. The third kappa shape index (κ3) is 5.58. The van der Waals surface area contributed by atoms with Crippen molar-refractivity contribution in [1.82, 2.24) is 0 Å². The van der Waals surface area contributed by atoms with Gasteiger partial charge in [-0.15, -0.1) is 0 Å². The van der Waals surface area contributed by atoms with Crippen molar-refractivity contribution in [3.63, 3.8) is 0 Å². The molecule has 1 fully saturated rings. The highest BCUT2D eigenvalue weighted by molar-refractivity contribution is 5.90. The molecule has 4 nitrogen and oxygen atoms in total. The van der Waals surface area contributed by atoms with Crippen molar-refractivity contribution in [3.8, 4) is 0 Å². The van der Waals surface area contributed by atoms with E-state index in [1.807, 2.05) is 12.1 Å². The molecule has 3 atom stereocenters. The van der Waals surface area contributed by atoms with Gasteiger partial charge in [-0.2, -0.15) is 0 Å². The monoisotopic (exact) mass is 346 g/mol. The first-order valence-corrected chi connectivity index (χ1v) is 9.36. The minimum absolute atomic E-state index is 0.0706. The van der Waals surface area contributed by atoms with Gasteiger partial charge in [-0.3, -0.25) is 0 Å². The summed E-state index contributed by atoms with van der Waals surface area (Å²) < 4.78 is 10.8. The topological polar surface area (TPSA) is 52.6 Å². The van der Waals surface area contributed by atoms with E-state index in [0.717, 1.165) is 24.8 Å². The van der Waals surface area contributed by atoms with Gasteiger partial charge < -0.3 is 9.47 Å². The number of ether oxygens (including phenoxy) is 2. The maximum atomic E-state index is 12.1. The predicted molar refractivity (Wildman–Crippen MR) is 97.3 cm³/mol. The average Bonchev–Trinajstić information content (AvgIpc) is 2.59. The van der Waals surface area contributed by atoms with E-state index in [2.05, 4.69) is 27.7 Å². The van der Waals surface area contributed by atoms with Crippen molar-refractivity contribution in [2.75, 3.05) is 6.61 Å². The van der Waals surface area contributed by atoms with Gasteiger partial charge in [-0.05, 0) is 54.7 Å². The van der Waals surface area contributed by atoms with Gasteiger partial charge in [0.25, 0.3) is 0 Å². The van der Waals surface area contributed by atoms with Gasteiger partial charge in [0.2, 0.25) is 0 Å². The SMILES string of the molecule is CCc1ccc(C(=O)OCC(=O)OC2CC(C)CCC2C(C)C)cc1. The highest BCUT2D eigenvalue weighted by atomic mass is 16.6. The Morgan fingerprint density at radius 3 is 2.44 bits per heavy atom. The van der Waals surface area contributed by atoms with Crippen LogP contribution < -0.4 is 0 Å². The molecule has 0 N–H and O–H groups in total. The zero-order chi connectivity index (χ0) is 18.4. The standard InChI is InChI=1S/C21H30O4/c1-5-16-7-9-17(10-8-16)21(23)24-13-20(22)25-19-12-15(4)6-11-18(19)14(2)3/h7-10,14-15,18-19H,5-6,11-13H2,1-4H3. The molecule has 0 spiro atoms. The van der Waals surface area contributed by atoms with Gasteiger partial charge in [0.05, 0.1) is 5.56 Å². The zero-order valence-corrected chi connectivity index (χ0v) is 15.8. The Kier molecular flexibility index (Phi) is 7.03. The van der Waals surface area contributed by atoms with Crippen LogP contribution in [0, 0.1) is 17.8 Å². The Hall–Kier alpha value is -1.84. The fraction of sp³-hybridized carbons (Fsp3) is 0.619. The zero-order valence-electron chi connectivity index (χ0n) is 15.8. The second-order valence-electron chi connectivity index (χ2n) is 7.48. The molecule has 1 saturated carbocycles. The van der Waals surface area contributed by atoms with E-state index in [9.17, 15) is 9.59 Å². The molecule has 1 aliphatic carbocycles. The Morgan fingerprint density at radius 2 is 1.84 bits per heavy atom. The summed E-state index contributed by atoms with van der Waals surface area (Å²) in [5.41, 5.74) is 1.61. The smallest absolute Gasteiger partial charge is 0.344 e. The molecule has 0 heterocycles. The first-order valence-electron chi connectivity index (χ1n) is 9.36. The molecule has 2 rings (SSSR count). The van der Waals surface area contributed by atoms with Crippen molar-refractivity contribution >= 4 is 11.9 Å². The second kappa shape index (κ2) is 9.02. The molecule has 3 unspecified atom stereocenters. The molecular weight excluding hydrogens is 316 g/mol. The molecule has 0 bridgehead atoms. The number of aryl methyl sites for hydroxylation is 1. The molecule has 1 aromatic rings. The van der Waals surface area contributed by atoms with Crippen LogP contribution in [0.5, 0.6) is 0 Å². The summed E-state index contributed by atoms with van der Waals surface area (Å²) in [5.74, 6) is 0.482. The largest absolute Gasteiger partial charge is 0.460 e. The fourth-order valence-electron chi connectivity index (χ4n) is 3.54.